The second-order valence-electron chi connectivity index (χ2n) is 5.77. The summed E-state index contributed by atoms with van der Waals surface area (Å²) in [6.45, 7) is 6.94. The summed E-state index contributed by atoms with van der Waals surface area (Å²) >= 11 is 2.00. The first-order valence-electron chi connectivity index (χ1n) is 7.14. The van der Waals surface area contributed by atoms with E-state index in [2.05, 4.69) is 50.4 Å². The van der Waals surface area contributed by atoms with Crippen LogP contribution >= 0.6 is 11.8 Å². The van der Waals surface area contributed by atoms with Gasteiger partial charge in [0.1, 0.15) is 0 Å². The summed E-state index contributed by atoms with van der Waals surface area (Å²) in [5, 5.41) is 3.82. The average molecular weight is 263 g/mol. The Balaban J connectivity index is 1.94. The van der Waals surface area contributed by atoms with Gasteiger partial charge < -0.3 is 5.32 Å². The van der Waals surface area contributed by atoms with Crippen LogP contribution in [0.25, 0.3) is 0 Å². The second-order valence-corrected chi connectivity index (χ2v) is 6.90. The van der Waals surface area contributed by atoms with Crippen LogP contribution in [0.15, 0.2) is 29.2 Å². The third-order valence-electron chi connectivity index (χ3n) is 3.62. The van der Waals surface area contributed by atoms with Gasteiger partial charge in [0, 0.05) is 17.0 Å². The van der Waals surface area contributed by atoms with E-state index in [1.165, 1.54) is 35.5 Å². The first-order chi connectivity index (χ1) is 8.66. The van der Waals surface area contributed by atoms with Gasteiger partial charge in [-0.15, -0.1) is 11.8 Å². The van der Waals surface area contributed by atoms with Gasteiger partial charge in [-0.25, -0.2) is 0 Å². The SMILES string of the molecule is CC(C)CCC(C)NC1CCSc2ccccc21. The van der Waals surface area contributed by atoms with Gasteiger partial charge in [0.05, 0.1) is 0 Å². The van der Waals surface area contributed by atoms with Crippen LogP contribution in [0.5, 0.6) is 0 Å². The Hall–Kier alpha value is -0.470. The quantitative estimate of drug-likeness (QED) is 0.830. The van der Waals surface area contributed by atoms with Gasteiger partial charge >= 0.3 is 0 Å². The molecule has 2 atom stereocenters. The van der Waals surface area contributed by atoms with Crippen molar-refractivity contribution < 1.29 is 0 Å². The van der Waals surface area contributed by atoms with Gasteiger partial charge in [0.15, 0.2) is 0 Å². The topological polar surface area (TPSA) is 12.0 Å². The van der Waals surface area contributed by atoms with Crippen molar-refractivity contribution in [3.8, 4) is 0 Å². The molecule has 1 nitrogen and oxygen atoms in total. The van der Waals surface area contributed by atoms with E-state index in [1.54, 1.807) is 0 Å². The molecular weight excluding hydrogens is 238 g/mol. The van der Waals surface area contributed by atoms with Gasteiger partial charge in [-0.1, -0.05) is 32.0 Å². The fraction of sp³-hybridized carbons (Fsp3) is 0.625. The lowest BCUT2D eigenvalue weighted by atomic mass is 10.00. The van der Waals surface area contributed by atoms with Crippen LogP contribution in [0.1, 0.15) is 51.6 Å². The molecule has 0 aliphatic carbocycles. The van der Waals surface area contributed by atoms with Gasteiger partial charge in [0.2, 0.25) is 0 Å². The van der Waals surface area contributed by atoms with E-state index >= 15 is 0 Å². The molecule has 1 aliphatic heterocycles. The summed E-state index contributed by atoms with van der Waals surface area (Å²) in [5.41, 5.74) is 1.50. The van der Waals surface area contributed by atoms with E-state index < -0.39 is 0 Å². The molecule has 0 bridgehead atoms. The highest BCUT2D eigenvalue weighted by Gasteiger charge is 2.21. The van der Waals surface area contributed by atoms with Crippen molar-refractivity contribution >= 4 is 11.8 Å². The fourth-order valence-corrected chi connectivity index (χ4v) is 3.65. The molecule has 1 aromatic carbocycles. The highest BCUT2D eigenvalue weighted by atomic mass is 32.2. The summed E-state index contributed by atoms with van der Waals surface area (Å²) < 4.78 is 0. The van der Waals surface area contributed by atoms with Crippen molar-refractivity contribution in [2.24, 2.45) is 5.92 Å². The first kappa shape index (κ1) is 14.0. The third kappa shape index (κ3) is 3.76. The molecule has 18 heavy (non-hydrogen) atoms. The number of hydrogen-bond donors (Lipinski definition) is 1. The average Bonchev–Trinajstić information content (AvgIpc) is 2.37. The van der Waals surface area contributed by atoms with Crippen molar-refractivity contribution in [1.29, 1.82) is 0 Å². The smallest absolute Gasteiger partial charge is 0.0341 e. The normalized spacial score (nSPS) is 20.8. The molecule has 0 spiro atoms. The largest absolute Gasteiger partial charge is 0.307 e. The summed E-state index contributed by atoms with van der Waals surface area (Å²) in [7, 11) is 0. The number of rotatable bonds is 5. The van der Waals surface area contributed by atoms with Crippen molar-refractivity contribution in [2.75, 3.05) is 5.75 Å². The van der Waals surface area contributed by atoms with Crippen LogP contribution in [-0.4, -0.2) is 11.8 Å². The highest BCUT2D eigenvalue weighted by Crippen LogP contribution is 2.36. The zero-order chi connectivity index (χ0) is 13.0. The lowest BCUT2D eigenvalue weighted by Crippen LogP contribution is -2.32. The van der Waals surface area contributed by atoms with Crippen molar-refractivity contribution in [1.82, 2.24) is 5.32 Å². The van der Waals surface area contributed by atoms with Crippen LogP contribution in [0.4, 0.5) is 0 Å². The Labute approximate surface area is 116 Å². The summed E-state index contributed by atoms with van der Waals surface area (Å²) in [5.74, 6) is 2.05. The Morgan fingerprint density at radius 1 is 1.22 bits per heavy atom. The predicted molar refractivity (Wildman–Crippen MR) is 81.2 cm³/mol. The van der Waals surface area contributed by atoms with E-state index in [1.807, 2.05) is 11.8 Å². The number of hydrogen-bond acceptors (Lipinski definition) is 2. The van der Waals surface area contributed by atoms with Crippen LogP contribution in [-0.2, 0) is 0 Å². The molecule has 1 aromatic rings. The molecule has 0 saturated heterocycles. The fourth-order valence-electron chi connectivity index (χ4n) is 2.53. The Morgan fingerprint density at radius 3 is 2.78 bits per heavy atom. The van der Waals surface area contributed by atoms with E-state index in [0.29, 0.717) is 12.1 Å². The molecule has 1 heterocycles. The number of fused-ring (bicyclic) bond motifs is 1. The van der Waals surface area contributed by atoms with E-state index in [0.717, 1.165) is 5.92 Å². The Morgan fingerprint density at radius 2 is 2.00 bits per heavy atom. The van der Waals surface area contributed by atoms with Crippen molar-refractivity contribution in [2.45, 2.75) is 57.0 Å². The summed E-state index contributed by atoms with van der Waals surface area (Å²) in [6, 6.07) is 10.0. The molecule has 0 aromatic heterocycles. The minimum atomic E-state index is 0.560. The molecule has 2 heteroatoms. The Kier molecular flexibility index (Phi) is 5.13. The maximum absolute atomic E-state index is 3.82. The van der Waals surface area contributed by atoms with Gasteiger partial charge in [-0.2, -0.15) is 0 Å². The molecule has 0 fully saturated rings. The minimum absolute atomic E-state index is 0.560. The standard InChI is InChI=1S/C16H25NS/c1-12(2)8-9-13(3)17-15-10-11-18-16-7-5-4-6-14(15)16/h4-7,12-13,15,17H,8-11H2,1-3H3. The lowest BCUT2D eigenvalue weighted by molar-refractivity contribution is 0.394. The van der Waals surface area contributed by atoms with Crippen molar-refractivity contribution in [3.63, 3.8) is 0 Å². The van der Waals surface area contributed by atoms with Gasteiger partial charge in [0.25, 0.3) is 0 Å². The van der Waals surface area contributed by atoms with Crippen molar-refractivity contribution in [3.05, 3.63) is 29.8 Å². The summed E-state index contributed by atoms with van der Waals surface area (Å²) in [6.07, 6.45) is 3.86. The van der Waals surface area contributed by atoms with Crippen LogP contribution in [0.2, 0.25) is 0 Å². The molecule has 2 unspecified atom stereocenters. The molecule has 2 rings (SSSR count). The molecular formula is C16H25NS. The Bertz CT molecular complexity index is 375. The van der Waals surface area contributed by atoms with E-state index in [9.17, 15) is 0 Å². The predicted octanol–water partition coefficient (Wildman–Crippen LogP) is 4.64. The van der Waals surface area contributed by atoms with Gasteiger partial charge in [-0.05, 0) is 49.5 Å². The molecule has 100 valence electrons. The minimum Gasteiger partial charge on any atom is -0.307 e. The zero-order valence-corrected chi connectivity index (χ0v) is 12.6. The van der Waals surface area contributed by atoms with Gasteiger partial charge in [-0.3, -0.25) is 0 Å². The maximum Gasteiger partial charge on any atom is 0.0341 e. The number of thioether (sulfide) groups is 1. The number of benzene rings is 1. The lowest BCUT2D eigenvalue weighted by Gasteiger charge is -2.29. The first-order valence-corrected chi connectivity index (χ1v) is 8.13. The molecule has 1 N–H and O–H groups in total. The second kappa shape index (κ2) is 6.63. The van der Waals surface area contributed by atoms with E-state index in [4.69, 9.17) is 0 Å². The van der Waals surface area contributed by atoms with Crippen LogP contribution < -0.4 is 5.32 Å². The molecule has 0 amide bonds. The van der Waals surface area contributed by atoms with Crippen LogP contribution in [0, 0.1) is 5.92 Å². The molecule has 0 saturated carbocycles. The van der Waals surface area contributed by atoms with E-state index in [-0.39, 0.29) is 0 Å². The highest BCUT2D eigenvalue weighted by molar-refractivity contribution is 7.99. The molecule has 1 aliphatic rings. The number of nitrogens with one attached hydrogen (secondary N) is 1. The summed E-state index contributed by atoms with van der Waals surface area (Å²) in [4.78, 5) is 1.47. The third-order valence-corrected chi connectivity index (χ3v) is 4.74. The van der Waals surface area contributed by atoms with Crippen LogP contribution in [0.3, 0.4) is 0 Å². The molecule has 0 radical (unpaired) electrons. The maximum atomic E-state index is 3.82. The monoisotopic (exact) mass is 263 g/mol. The zero-order valence-electron chi connectivity index (χ0n) is 11.8.